The Balaban J connectivity index is 2.16. The Morgan fingerprint density at radius 2 is 1.33 bits per heavy atom. The van der Waals surface area contributed by atoms with Gasteiger partial charge in [-0.15, -0.1) is 0 Å². The zero-order valence-corrected chi connectivity index (χ0v) is 16.3. The average Bonchev–Trinajstić information content (AvgIpc) is 2.59. The molecule has 0 aliphatic carbocycles. The second kappa shape index (κ2) is 17.7. The summed E-state index contributed by atoms with van der Waals surface area (Å²) in [5, 5.41) is 7.26. The van der Waals surface area contributed by atoms with E-state index < -0.39 is 0 Å². The molecule has 144 valence electrons. The van der Waals surface area contributed by atoms with Crippen LogP contribution in [0, 0.1) is 5.92 Å². The fourth-order valence-electron chi connectivity index (χ4n) is 3.80. The van der Waals surface area contributed by atoms with Gasteiger partial charge in [0.2, 0.25) is 0 Å². The first kappa shape index (κ1) is 21.9. The van der Waals surface area contributed by atoms with Crippen molar-refractivity contribution in [2.75, 3.05) is 32.7 Å². The molecule has 0 radical (unpaired) electrons. The zero-order chi connectivity index (χ0) is 17.1. The summed E-state index contributed by atoms with van der Waals surface area (Å²) in [6.07, 6.45) is 21.1. The summed E-state index contributed by atoms with van der Waals surface area (Å²) in [5.74, 6) is 0.884. The van der Waals surface area contributed by atoms with Gasteiger partial charge in [0, 0.05) is 0 Å². The maximum absolute atomic E-state index is 5.53. The molecule has 1 aliphatic rings. The first-order chi connectivity index (χ1) is 11.9. The minimum atomic E-state index is 0.805. The Kier molecular flexibility index (Phi) is 16.2. The van der Waals surface area contributed by atoms with Crippen LogP contribution in [-0.2, 0) is 0 Å². The maximum atomic E-state index is 5.53. The standard InChI is InChI=1S/C21H45N3/c22-16-13-19-23-18-12-15-21-14-10-8-6-4-2-1-3-5-7-9-11-17-24-20-21/h21,23-24H,1-20,22H2. The average molecular weight is 340 g/mol. The monoisotopic (exact) mass is 339 g/mol. The minimum absolute atomic E-state index is 0.805. The van der Waals surface area contributed by atoms with Gasteiger partial charge in [-0.3, -0.25) is 0 Å². The molecule has 3 heteroatoms. The number of rotatable bonds is 7. The second-order valence-electron chi connectivity index (χ2n) is 7.78. The van der Waals surface area contributed by atoms with Crippen molar-refractivity contribution in [3.05, 3.63) is 0 Å². The Morgan fingerprint density at radius 1 is 0.750 bits per heavy atom. The van der Waals surface area contributed by atoms with Gasteiger partial charge in [-0.1, -0.05) is 64.2 Å². The molecule has 1 fully saturated rings. The van der Waals surface area contributed by atoms with Crippen LogP contribution in [0.3, 0.4) is 0 Å². The molecule has 0 saturated carbocycles. The molecular formula is C21H45N3. The van der Waals surface area contributed by atoms with E-state index in [1.165, 1.54) is 103 Å². The van der Waals surface area contributed by atoms with E-state index in [-0.39, 0.29) is 0 Å². The lowest BCUT2D eigenvalue weighted by molar-refractivity contribution is 0.381. The van der Waals surface area contributed by atoms with Gasteiger partial charge in [0.05, 0.1) is 0 Å². The van der Waals surface area contributed by atoms with Gasteiger partial charge >= 0.3 is 0 Å². The first-order valence-electron chi connectivity index (χ1n) is 11.0. The molecule has 3 nitrogen and oxygen atoms in total. The van der Waals surface area contributed by atoms with Gasteiger partial charge in [0.1, 0.15) is 0 Å². The van der Waals surface area contributed by atoms with E-state index >= 15 is 0 Å². The van der Waals surface area contributed by atoms with Crippen molar-refractivity contribution in [3.63, 3.8) is 0 Å². The Labute approximate surface area is 151 Å². The highest BCUT2D eigenvalue weighted by molar-refractivity contribution is 4.65. The van der Waals surface area contributed by atoms with Crippen LogP contribution < -0.4 is 16.4 Å². The largest absolute Gasteiger partial charge is 0.330 e. The van der Waals surface area contributed by atoms with E-state index in [1.807, 2.05) is 0 Å². The fourth-order valence-corrected chi connectivity index (χ4v) is 3.80. The summed E-state index contributed by atoms with van der Waals surface area (Å²) in [4.78, 5) is 0. The molecule has 0 bridgehead atoms. The van der Waals surface area contributed by atoms with E-state index in [0.29, 0.717) is 0 Å². The third-order valence-corrected chi connectivity index (χ3v) is 5.42. The lowest BCUT2D eigenvalue weighted by Crippen LogP contribution is -2.25. The molecule has 1 atom stereocenters. The van der Waals surface area contributed by atoms with Crippen molar-refractivity contribution >= 4 is 0 Å². The van der Waals surface area contributed by atoms with Crippen molar-refractivity contribution < 1.29 is 0 Å². The molecule has 1 aliphatic heterocycles. The zero-order valence-electron chi connectivity index (χ0n) is 16.3. The molecule has 0 spiro atoms. The van der Waals surface area contributed by atoms with Crippen LogP contribution >= 0.6 is 0 Å². The molecule has 4 N–H and O–H groups in total. The molecule has 0 aromatic heterocycles. The van der Waals surface area contributed by atoms with Crippen molar-refractivity contribution in [1.82, 2.24) is 10.6 Å². The van der Waals surface area contributed by atoms with E-state index in [1.54, 1.807) is 0 Å². The van der Waals surface area contributed by atoms with Crippen LogP contribution in [-0.4, -0.2) is 32.7 Å². The molecular weight excluding hydrogens is 294 g/mol. The minimum Gasteiger partial charge on any atom is -0.330 e. The van der Waals surface area contributed by atoms with Crippen molar-refractivity contribution in [1.29, 1.82) is 0 Å². The summed E-state index contributed by atoms with van der Waals surface area (Å²) < 4.78 is 0. The molecule has 0 aromatic rings. The summed E-state index contributed by atoms with van der Waals surface area (Å²) in [6.45, 7) is 5.52. The quantitative estimate of drug-likeness (QED) is 0.594. The third kappa shape index (κ3) is 14.2. The highest BCUT2D eigenvalue weighted by Gasteiger charge is 2.08. The molecule has 24 heavy (non-hydrogen) atoms. The normalized spacial score (nSPS) is 23.1. The highest BCUT2D eigenvalue weighted by atomic mass is 14.9. The summed E-state index contributed by atoms with van der Waals surface area (Å²) in [6, 6.07) is 0. The van der Waals surface area contributed by atoms with Gasteiger partial charge in [-0.2, -0.15) is 0 Å². The van der Waals surface area contributed by atoms with Gasteiger partial charge in [-0.05, 0) is 70.7 Å². The van der Waals surface area contributed by atoms with Crippen molar-refractivity contribution in [3.8, 4) is 0 Å². The number of hydrogen-bond acceptors (Lipinski definition) is 3. The SMILES string of the molecule is NCCCNCCCC1CCCCCCCCCCCCCNC1. The van der Waals surface area contributed by atoms with Gasteiger partial charge in [-0.25, -0.2) is 0 Å². The lowest BCUT2D eigenvalue weighted by Gasteiger charge is -2.18. The molecule has 1 rings (SSSR count). The van der Waals surface area contributed by atoms with Crippen LogP contribution in [0.2, 0.25) is 0 Å². The highest BCUT2D eigenvalue weighted by Crippen LogP contribution is 2.17. The van der Waals surface area contributed by atoms with Crippen LogP contribution in [0.4, 0.5) is 0 Å². The van der Waals surface area contributed by atoms with E-state index in [0.717, 1.165) is 32.0 Å². The summed E-state index contributed by atoms with van der Waals surface area (Å²) in [7, 11) is 0. The van der Waals surface area contributed by atoms with Crippen LogP contribution in [0.5, 0.6) is 0 Å². The maximum Gasteiger partial charge on any atom is -0.00205 e. The number of hydrogen-bond donors (Lipinski definition) is 3. The summed E-state index contributed by atoms with van der Waals surface area (Å²) in [5.41, 5.74) is 5.53. The molecule has 1 saturated heterocycles. The van der Waals surface area contributed by atoms with E-state index in [2.05, 4.69) is 10.6 Å². The molecule has 1 heterocycles. The topological polar surface area (TPSA) is 50.1 Å². The van der Waals surface area contributed by atoms with Gasteiger partial charge < -0.3 is 16.4 Å². The van der Waals surface area contributed by atoms with Crippen molar-refractivity contribution in [2.24, 2.45) is 11.7 Å². The Bertz CT molecular complexity index is 226. The van der Waals surface area contributed by atoms with Gasteiger partial charge in [0.25, 0.3) is 0 Å². The number of nitrogens with two attached hydrogens (primary N) is 1. The molecule has 0 aromatic carbocycles. The Hall–Kier alpha value is -0.120. The Morgan fingerprint density at radius 3 is 2.00 bits per heavy atom. The molecule has 0 amide bonds. The van der Waals surface area contributed by atoms with Crippen LogP contribution in [0.25, 0.3) is 0 Å². The predicted octanol–water partition coefficient (Wildman–Crippen LogP) is 4.61. The number of nitrogens with one attached hydrogen (secondary N) is 2. The molecule has 1 unspecified atom stereocenters. The second-order valence-corrected chi connectivity index (χ2v) is 7.78. The first-order valence-corrected chi connectivity index (χ1v) is 11.0. The third-order valence-electron chi connectivity index (χ3n) is 5.42. The smallest absolute Gasteiger partial charge is 0.00205 e. The van der Waals surface area contributed by atoms with Gasteiger partial charge in [0.15, 0.2) is 0 Å². The fraction of sp³-hybridized carbons (Fsp3) is 1.00. The van der Waals surface area contributed by atoms with E-state index in [9.17, 15) is 0 Å². The van der Waals surface area contributed by atoms with Crippen LogP contribution in [0.15, 0.2) is 0 Å². The van der Waals surface area contributed by atoms with Crippen molar-refractivity contribution in [2.45, 2.75) is 96.3 Å². The lowest BCUT2D eigenvalue weighted by atomic mass is 9.95. The predicted molar refractivity (Wildman–Crippen MR) is 108 cm³/mol. The summed E-state index contributed by atoms with van der Waals surface area (Å²) >= 11 is 0. The van der Waals surface area contributed by atoms with E-state index in [4.69, 9.17) is 5.73 Å². The van der Waals surface area contributed by atoms with Crippen LogP contribution in [0.1, 0.15) is 96.3 Å².